The van der Waals surface area contributed by atoms with Gasteiger partial charge in [0.15, 0.2) is 0 Å². The summed E-state index contributed by atoms with van der Waals surface area (Å²) >= 11 is 0. The summed E-state index contributed by atoms with van der Waals surface area (Å²) in [5.74, 6) is 1.02. The Labute approximate surface area is 77.3 Å². The molecular formula is C11H12N2. The van der Waals surface area contributed by atoms with Gasteiger partial charge in [0.2, 0.25) is 0 Å². The van der Waals surface area contributed by atoms with E-state index in [4.69, 9.17) is 0 Å². The lowest BCUT2D eigenvalue weighted by Crippen LogP contribution is -1.88. The second kappa shape index (κ2) is 2.98. The van der Waals surface area contributed by atoms with Gasteiger partial charge >= 0.3 is 0 Å². The van der Waals surface area contributed by atoms with Crippen LogP contribution in [0.4, 0.5) is 5.82 Å². The standard InChI is InChI=1S/C11H12N2/c1-3-8-9-6-4-5-7-10(9)13-11(8)12-2/h3-7,12-13H,1H2,2H3. The molecule has 0 bridgehead atoms. The highest BCUT2D eigenvalue weighted by Crippen LogP contribution is 2.26. The summed E-state index contributed by atoms with van der Waals surface area (Å²) in [6.45, 7) is 3.80. The summed E-state index contributed by atoms with van der Waals surface area (Å²) in [6.07, 6.45) is 1.87. The van der Waals surface area contributed by atoms with Gasteiger partial charge in [-0.2, -0.15) is 0 Å². The van der Waals surface area contributed by atoms with Gasteiger partial charge in [0.05, 0.1) is 0 Å². The zero-order chi connectivity index (χ0) is 9.26. The van der Waals surface area contributed by atoms with Crippen molar-refractivity contribution in [1.29, 1.82) is 0 Å². The molecule has 2 rings (SSSR count). The molecule has 1 aromatic heterocycles. The summed E-state index contributed by atoms with van der Waals surface area (Å²) in [4.78, 5) is 3.28. The molecule has 0 aliphatic rings. The normalized spacial score (nSPS) is 10.2. The second-order valence-corrected chi connectivity index (χ2v) is 2.91. The smallest absolute Gasteiger partial charge is 0.111 e. The molecule has 0 saturated heterocycles. The lowest BCUT2D eigenvalue weighted by atomic mass is 10.1. The van der Waals surface area contributed by atoms with Crippen LogP contribution in [0.1, 0.15) is 5.56 Å². The molecule has 0 aliphatic carbocycles. The van der Waals surface area contributed by atoms with E-state index in [9.17, 15) is 0 Å². The Morgan fingerprint density at radius 3 is 2.85 bits per heavy atom. The first-order valence-corrected chi connectivity index (χ1v) is 4.27. The van der Waals surface area contributed by atoms with Gasteiger partial charge < -0.3 is 10.3 Å². The van der Waals surface area contributed by atoms with E-state index in [2.05, 4.69) is 29.0 Å². The molecule has 0 fully saturated rings. The van der Waals surface area contributed by atoms with Crippen molar-refractivity contribution < 1.29 is 0 Å². The van der Waals surface area contributed by atoms with Crippen molar-refractivity contribution in [1.82, 2.24) is 4.98 Å². The van der Waals surface area contributed by atoms with Gasteiger partial charge in [-0.05, 0) is 6.07 Å². The quantitative estimate of drug-likeness (QED) is 0.716. The maximum atomic E-state index is 3.80. The monoisotopic (exact) mass is 172 g/mol. The average molecular weight is 172 g/mol. The van der Waals surface area contributed by atoms with Crippen LogP contribution in [-0.4, -0.2) is 12.0 Å². The predicted molar refractivity (Wildman–Crippen MR) is 57.9 cm³/mol. The van der Waals surface area contributed by atoms with E-state index in [1.165, 1.54) is 5.39 Å². The molecule has 0 unspecified atom stereocenters. The lowest BCUT2D eigenvalue weighted by Gasteiger charge is -1.96. The molecule has 0 atom stereocenters. The number of hydrogen-bond acceptors (Lipinski definition) is 1. The van der Waals surface area contributed by atoms with Crippen LogP contribution in [0.25, 0.3) is 17.0 Å². The number of H-pyrrole nitrogens is 1. The lowest BCUT2D eigenvalue weighted by molar-refractivity contribution is 1.38. The number of fused-ring (bicyclic) bond motifs is 1. The van der Waals surface area contributed by atoms with E-state index >= 15 is 0 Å². The van der Waals surface area contributed by atoms with Crippen molar-refractivity contribution in [3.05, 3.63) is 36.4 Å². The molecule has 0 aliphatic heterocycles. The van der Waals surface area contributed by atoms with E-state index in [0.717, 1.165) is 16.9 Å². The van der Waals surface area contributed by atoms with Crippen LogP contribution in [0.5, 0.6) is 0 Å². The molecule has 2 aromatic rings. The fraction of sp³-hybridized carbons (Fsp3) is 0.0909. The fourth-order valence-electron chi connectivity index (χ4n) is 1.57. The third kappa shape index (κ3) is 1.11. The van der Waals surface area contributed by atoms with Crippen LogP contribution in [0.3, 0.4) is 0 Å². The van der Waals surface area contributed by atoms with Crippen molar-refractivity contribution in [3.63, 3.8) is 0 Å². The summed E-state index contributed by atoms with van der Waals surface area (Å²) in [5, 5.41) is 4.32. The van der Waals surface area contributed by atoms with Crippen molar-refractivity contribution in [2.75, 3.05) is 12.4 Å². The molecule has 13 heavy (non-hydrogen) atoms. The Morgan fingerprint density at radius 2 is 2.15 bits per heavy atom. The molecule has 0 radical (unpaired) electrons. The number of benzene rings is 1. The number of para-hydroxylation sites is 1. The van der Waals surface area contributed by atoms with E-state index in [-0.39, 0.29) is 0 Å². The minimum absolute atomic E-state index is 1.02. The van der Waals surface area contributed by atoms with Gasteiger partial charge in [-0.3, -0.25) is 0 Å². The maximum Gasteiger partial charge on any atom is 0.111 e. The zero-order valence-corrected chi connectivity index (χ0v) is 7.59. The first-order chi connectivity index (χ1) is 6.36. The topological polar surface area (TPSA) is 27.8 Å². The SMILES string of the molecule is C=Cc1c(NC)[nH]c2ccccc12. The van der Waals surface area contributed by atoms with E-state index < -0.39 is 0 Å². The minimum Gasteiger partial charge on any atom is -0.374 e. The summed E-state index contributed by atoms with van der Waals surface area (Å²) in [6, 6.07) is 8.20. The fourth-order valence-corrected chi connectivity index (χ4v) is 1.57. The van der Waals surface area contributed by atoms with Crippen LogP contribution in [0.2, 0.25) is 0 Å². The van der Waals surface area contributed by atoms with Crippen LogP contribution in [-0.2, 0) is 0 Å². The first-order valence-electron chi connectivity index (χ1n) is 4.27. The highest BCUT2D eigenvalue weighted by Gasteiger charge is 2.05. The molecule has 1 aromatic carbocycles. The zero-order valence-electron chi connectivity index (χ0n) is 7.59. The second-order valence-electron chi connectivity index (χ2n) is 2.91. The third-order valence-electron chi connectivity index (χ3n) is 2.20. The Bertz CT molecular complexity index is 440. The maximum absolute atomic E-state index is 3.80. The summed E-state index contributed by atoms with van der Waals surface area (Å²) in [7, 11) is 1.90. The molecule has 2 nitrogen and oxygen atoms in total. The van der Waals surface area contributed by atoms with Gasteiger partial charge in [0.25, 0.3) is 0 Å². The predicted octanol–water partition coefficient (Wildman–Crippen LogP) is 2.85. The molecular weight excluding hydrogens is 160 g/mol. The summed E-state index contributed by atoms with van der Waals surface area (Å²) < 4.78 is 0. The van der Waals surface area contributed by atoms with E-state index in [1.54, 1.807) is 0 Å². The number of anilines is 1. The average Bonchev–Trinajstić information content (AvgIpc) is 2.55. The van der Waals surface area contributed by atoms with Gasteiger partial charge in [-0.15, -0.1) is 0 Å². The number of rotatable bonds is 2. The van der Waals surface area contributed by atoms with Crippen LogP contribution >= 0.6 is 0 Å². The van der Waals surface area contributed by atoms with Gasteiger partial charge in [0.1, 0.15) is 5.82 Å². The molecule has 2 heteroatoms. The number of nitrogens with one attached hydrogen (secondary N) is 2. The molecule has 2 N–H and O–H groups in total. The van der Waals surface area contributed by atoms with E-state index in [0.29, 0.717) is 0 Å². The van der Waals surface area contributed by atoms with Gasteiger partial charge in [-0.25, -0.2) is 0 Å². The summed E-state index contributed by atoms with van der Waals surface area (Å²) in [5.41, 5.74) is 2.28. The highest BCUT2D eigenvalue weighted by atomic mass is 15.0. The van der Waals surface area contributed by atoms with Gasteiger partial charge in [0, 0.05) is 23.5 Å². The van der Waals surface area contributed by atoms with Crippen molar-refractivity contribution in [2.45, 2.75) is 0 Å². The largest absolute Gasteiger partial charge is 0.374 e. The molecule has 0 amide bonds. The van der Waals surface area contributed by atoms with Gasteiger partial charge in [-0.1, -0.05) is 30.9 Å². The Morgan fingerprint density at radius 1 is 1.38 bits per heavy atom. The molecule has 66 valence electrons. The Balaban J connectivity index is 2.81. The van der Waals surface area contributed by atoms with E-state index in [1.807, 2.05) is 25.3 Å². The number of aromatic amines is 1. The van der Waals surface area contributed by atoms with Crippen LogP contribution in [0, 0.1) is 0 Å². The molecule has 1 heterocycles. The van der Waals surface area contributed by atoms with Crippen LogP contribution < -0.4 is 5.32 Å². The minimum atomic E-state index is 1.02. The van der Waals surface area contributed by atoms with Crippen molar-refractivity contribution in [2.24, 2.45) is 0 Å². The Hall–Kier alpha value is -1.70. The number of aromatic nitrogens is 1. The molecule has 0 spiro atoms. The van der Waals surface area contributed by atoms with Crippen molar-refractivity contribution >= 4 is 22.8 Å². The third-order valence-corrected chi connectivity index (χ3v) is 2.20. The first kappa shape index (κ1) is 7.92. The Kier molecular flexibility index (Phi) is 1.81. The number of hydrogen-bond donors (Lipinski definition) is 2. The van der Waals surface area contributed by atoms with Crippen molar-refractivity contribution in [3.8, 4) is 0 Å². The highest BCUT2D eigenvalue weighted by molar-refractivity contribution is 5.94. The van der Waals surface area contributed by atoms with Crippen LogP contribution in [0.15, 0.2) is 30.8 Å². The molecule has 0 saturated carbocycles.